The first kappa shape index (κ1) is 21.6. The summed E-state index contributed by atoms with van der Waals surface area (Å²) in [6.45, 7) is 1.12. The maximum atomic E-state index is 12.6. The fraction of sp³-hybridized carbons (Fsp3) is 0.421. The quantitative estimate of drug-likeness (QED) is 0.802. The molecule has 1 amide bonds. The lowest BCUT2D eigenvalue weighted by atomic mass is 10.1. The summed E-state index contributed by atoms with van der Waals surface area (Å²) in [6, 6.07) is 7.33. The molecule has 8 nitrogen and oxygen atoms in total. The van der Waals surface area contributed by atoms with E-state index in [0.29, 0.717) is 24.6 Å². The summed E-state index contributed by atoms with van der Waals surface area (Å²) < 4.78 is 48.6. The lowest BCUT2D eigenvalue weighted by Gasteiger charge is -2.38. The largest absolute Gasteiger partial charge is 0.490 e. The Balaban J connectivity index is 0.000000318. The Morgan fingerprint density at radius 3 is 2.60 bits per heavy atom. The van der Waals surface area contributed by atoms with E-state index >= 15 is 0 Å². The Labute approximate surface area is 169 Å². The van der Waals surface area contributed by atoms with E-state index in [-0.39, 0.29) is 24.2 Å². The molecule has 30 heavy (non-hydrogen) atoms. The van der Waals surface area contributed by atoms with Crippen molar-refractivity contribution in [2.24, 2.45) is 0 Å². The number of carboxylic acid groups (broad SMARTS) is 1. The van der Waals surface area contributed by atoms with Gasteiger partial charge in [-0.15, -0.1) is 0 Å². The predicted octanol–water partition coefficient (Wildman–Crippen LogP) is 2.76. The van der Waals surface area contributed by atoms with Gasteiger partial charge in [0.15, 0.2) is 0 Å². The molecule has 1 aliphatic carbocycles. The summed E-state index contributed by atoms with van der Waals surface area (Å²) in [5.41, 5.74) is 0.583. The average Bonchev–Trinajstić information content (AvgIpc) is 3.38. The molecule has 0 unspecified atom stereocenters. The third-order valence-electron chi connectivity index (χ3n) is 4.72. The third kappa shape index (κ3) is 5.09. The van der Waals surface area contributed by atoms with E-state index in [0.717, 1.165) is 12.8 Å². The summed E-state index contributed by atoms with van der Waals surface area (Å²) in [7, 11) is 0. The first-order valence-electron chi connectivity index (χ1n) is 9.10. The van der Waals surface area contributed by atoms with Crippen molar-refractivity contribution in [3.63, 3.8) is 0 Å². The Morgan fingerprint density at radius 1 is 1.23 bits per heavy atom. The van der Waals surface area contributed by atoms with Crippen LogP contribution in [0.25, 0.3) is 0 Å². The molecule has 1 saturated carbocycles. The zero-order chi connectivity index (χ0) is 21.7. The first-order valence-corrected chi connectivity index (χ1v) is 9.10. The number of aromatic nitrogens is 1. The molecule has 2 aliphatic rings. The minimum absolute atomic E-state index is 0.00413. The normalized spacial score (nSPS) is 23.2. The van der Waals surface area contributed by atoms with Crippen molar-refractivity contribution >= 4 is 11.9 Å². The van der Waals surface area contributed by atoms with Gasteiger partial charge in [0.25, 0.3) is 5.91 Å². The zero-order valence-electron chi connectivity index (χ0n) is 15.6. The second-order valence-electron chi connectivity index (χ2n) is 6.62. The van der Waals surface area contributed by atoms with Crippen molar-refractivity contribution < 1.29 is 41.8 Å². The molecule has 2 fully saturated rings. The SMILES string of the molecule is O=C(O)C(F)(F)F.O=C(c1ccoc1)N1CCO[C@H]2[C@H](Oc3ccccn3)CC[C@@H]21. The van der Waals surface area contributed by atoms with Gasteiger partial charge in [0.2, 0.25) is 5.88 Å². The van der Waals surface area contributed by atoms with E-state index in [4.69, 9.17) is 23.8 Å². The number of hydrogen-bond donors (Lipinski definition) is 1. The summed E-state index contributed by atoms with van der Waals surface area (Å²) >= 11 is 0. The summed E-state index contributed by atoms with van der Waals surface area (Å²) in [4.78, 5) is 27.6. The Bertz CT molecular complexity index is 844. The molecule has 4 rings (SSSR count). The number of pyridine rings is 1. The third-order valence-corrected chi connectivity index (χ3v) is 4.72. The molecular formula is C19H19F3N2O6. The standard InChI is InChI=1S/C17H18N2O4.C2HF3O2/c20-17(12-6-9-21-11-12)19-8-10-22-16-13(19)4-5-14(16)23-15-3-1-2-7-18-15;3-2(4,5)1(6)7/h1-3,6-7,9,11,13-14,16H,4-5,8,10H2;(H,6,7)/t13-,14+,16+;/m0./s1. The minimum atomic E-state index is -5.08. The minimum Gasteiger partial charge on any atom is -0.475 e. The fourth-order valence-electron chi connectivity index (χ4n) is 3.42. The van der Waals surface area contributed by atoms with Gasteiger partial charge in [0, 0.05) is 18.8 Å². The van der Waals surface area contributed by atoms with Gasteiger partial charge in [-0.05, 0) is 25.0 Å². The van der Waals surface area contributed by atoms with Gasteiger partial charge >= 0.3 is 12.1 Å². The van der Waals surface area contributed by atoms with Crippen molar-refractivity contribution in [3.05, 3.63) is 48.6 Å². The highest BCUT2D eigenvalue weighted by atomic mass is 19.4. The van der Waals surface area contributed by atoms with Crippen LogP contribution in [0.3, 0.4) is 0 Å². The summed E-state index contributed by atoms with van der Waals surface area (Å²) in [5, 5.41) is 7.12. The Morgan fingerprint density at radius 2 is 2.00 bits per heavy atom. The molecular weight excluding hydrogens is 409 g/mol. The molecule has 1 aliphatic heterocycles. The number of halogens is 3. The maximum Gasteiger partial charge on any atom is 0.490 e. The number of carbonyl (C=O) groups is 2. The lowest BCUT2D eigenvalue weighted by Crippen LogP contribution is -2.54. The van der Waals surface area contributed by atoms with Gasteiger partial charge < -0.3 is 23.9 Å². The van der Waals surface area contributed by atoms with Crippen LogP contribution in [0.1, 0.15) is 23.2 Å². The molecule has 1 N–H and O–H groups in total. The smallest absolute Gasteiger partial charge is 0.475 e. The number of morpholine rings is 1. The number of ether oxygens (including phenoxy) is 2. The number of rotatable bonds is 3. The molecule has 3 heterocycles. The first-order chi connectivity index (χ1) is 14.3. The van der Waals surface area contributed by atoms with E-state index in [1.54, 1.807) is 12.3 Å². The van der Waals surface area contributed by atoms with Crippen LogP contribution < -0.4 is 4.74 Å². The number of carboxylic acids is 1. The Kier molecular flexibility index (Phi) is 6.60. The number of carbonyl (C=O) groups excluding carboxylic acids is 1. The number of fused-ring (bicyclic) bond motifs is 1. The predicted molar refractivity (Wildman–Crippen MR) is 94.9 cm³/mol. The highest BCUT2D eigenvalue weighted by Gasteiger charge is 2.46. The van der Waals surface area contributed by atoms with Gasteiger partial charge in [-0.3, -0.25) is 4.79 Å². The molecule has 0 radical (unpaired) electrons. The molecule has 2 aromatic heterocycles. The fourth-order valence-corrected chi connectivity index (χ4v) is 3.42. The summed E-state index contributed by atoms with van der Waals surface area (Å²) in [6.07, 6.45) is 1.16. The molecule has 1 saturated heterocycles. The molecule has 11 heteroatoms. The number of aliphatic carboxylic acids is 1. The van der Waals surface area contributed by atoms with Crippen molar-refractivity contribution in [3.8, 4) is 5.88 Å². The Hall–Kier alpha value is -3.08. The van der Waals surface area contributed by atoms with Crippen LogP contribution in [0.5, 0.6) is 5.88 Å². The van der Waals surface area contributed by atoms with E-state index < -0.39 is 12.1 Å². The van der Waals surface area contributed by atoms with Crippen molar-refractivity contribution in [1.82, 2.24) is 9.88 Å². The van der Waals surface area contributed by atoms with E-state index in [1.807, 2.05) is 23.1 Å². The van der Waals surface area contributed by atoms with Gasteiger partial charge in [0.05, 0.1) is 24.5 Å². The monoisotopic (exact) mass is 428 g/mol. The molecule has 2 aromatic rings. The van der Waals surface area contributed by atoms with Crippen LogP contribution in [0.2, 0.25) is 0 Å². The van der Waals surface area contributed by atoms with Gasteiger partial charge in [-0.1, -0.05) is 6.07 Å². The van der Waals surface area contributed by atoms with Crippen LogP contribution in [-0.2, 0) is 9.53 Å². The molecule has 162 valence electrons. The molecule has 3 atom stereocenters. The topological polar surface area (TPSA) is 102 Å². The van der Waals surface area contributed by atoms with Crippen molar-refractivity contribution in [2.45, 2.75) is 37.3 Å². The zero-order valence-corrected chi connectivity index (χ0v) is 15.6. The maximum absolute atomic E-state index is 12.6. The highest BCUT2D eigenvalue weighted by Crippen LogP contribution is 2.33. The van der Waals surface area contributed by atoms with Crippen LogP contribution in [-0.4, -0.2) is 64.4 Å². The second kappa shape index (κ2) is 9.16. The lowest BCUT2D eigenvalue weighted by molar-refractivity contribution is -0.192. The number of nitrogens with zero attached hydrogens (tertiary/aromatic N) is 2. The van der Waals surface area contributed by atoms with Crippen LogP contribution in [0.15, 0.2) is 47.4 Å². The van der Waals surface area contributed by atoms with E-state index in [9.17, 15) is 18.0 Å². The number of hydrogen-bond acceptors (Lipinski definition) is 6. The number of amides is 1. The van der Waals surface area contributed by atoms with Crippen LogP contribution in [0, 0.1) is 0 Å². The molecule has 0 aromatic carbocycles. The molecule has 0 spiro atoms. The average molecular weight is 428 g/mol. The van der Waals surface area contributed by atoms with Gasteiger partial charge in [-0.2, -0.15) is 13.2 Å². The number of alkyl halides is 3. The van der Waals surface area contributed by atoms with Crippen LogP contribution in [0.4, 0.5) is 13.2 Å². The molecule has 0 bridgehead atoms. The number of furan rings is 1. The second-order valence-corrected chi connectivity index (χ2v) is 6.62. The van der Waals surface area contributed by atoms with Crippen molar-refractivity contribution in [1.29, 1.82) is 0 Å². The van der Waals surface area contributed by atoms with Crippen molar-refractivity contribution in [2.75, 3.05) is 13.2 Å². The van der Waals surface area contributed by atoms with Crippen LogP contribution >= 0.6 is 0 Å². The van der Waals surface area contributed by atoms with E-state index in [1.165, 1.54) is 12.5 Å². The van der Waals surface area contributed by atoms with Gasteiger partial charge in [0.1, 0.15) is 18.5 Å². The van der Waals surface area contributed by atoms with Gasteiger partial charge in [-0.25, -0.2) is 9.78 Å². The highest BCUT2D eigenvalue weighted by molar-refractivity contribution is 5.94. The summed E-state index contributed by atoms with van der Waals surface area (Å²) in [5.74, 6) is -2.16. The van der Waals surface area contributed by atoms with E-state index in [2.05, 4.69) is 4.98 Å².